The lowest BCUT2D eigenvalue weighted by atomic mass is 10.1. The van der Waals surface area contributed by atoms with E-state index in [-0.39, 0.29) is 5.56 Å². The van der Waals surface area contributed by atoms with Crippen LogP contribution in [0.1, 0.15) is 16.7 Å². The van der Waals surface area contributed by atoms with Crippen molar-refractivity contribution in [3.63, 3.8) is 0 Å². The average molecular weight is 374 g/mol. The lowest BCUT2D eigenvalue weighted by Crippen LogP contribution is -2.19. The molecule has 28 heavy (non-hydrogen) atoms. The first kappa shape index (κ1) is 16.3. The number of fused-ring (bicyclic) bond motifs is 2. The molecule has 3 aromatic heterocycles. The van der Waals surface area contributed by atoms with Gasteiger partial charge in [0.05, 0.1) is 18.4 Å². The molecule has 9 heteroatoms. The molecule has 4 heterocycles. The maximum atomic E-state index is 11.4. The highest BCUT2D eigenvalue weighted by Crippen LogP contribution is 2.30. The van der Waals surface area contributed by atoms with Crippen LogP contribution in [0, 0.1) is 0 Å². The standard InChI is InChI=1S/C19H18N8O/c20-16-7-14(18-19(23-16)25-26-24-18)6-12-8-21-27(10-12)9-11-1-3-15-13(5-11)2-4-17(28)22-15/h1-5,7-8,10,24,26H,6,9H2,(H,22,28)(H3,20,23,25). The van der Waals surface area contributed by atoms with E-state index in [2.05, 4.69) is 37.5 Å². The molecule has 0 unspecified atom stereocenters. The highest BCUT2D eigenvalue weighted by molar-refractivity contribution is 5.79. The number of rotatable bonds is 4. The Hall–Kier alpha value is -3.85. The molecule has 0 saturated carbocycles. The number of hydrazine groups is 2. The highest BCUT2D eigenvalue weighted by atomic mass is 16.1. The van der Waals surface area contributed by atoms with Crippen LogP contribution in [0.5, 0.6) is 0 Å². The van der Waals surface area contributed by atoms with Gasteiger partial charge in [0.1, 0.15) is 5.82 Å². The van der Waals surface area contributed by atoms with E-state index in [9.17, 15) is 4.79 Å². The summed E-state index contributed by atoms with van der Waals surface area (Å²) in [7, 11) is 0. The molecule has 0 bridgehead atoms. The first-order chi connectivity index (χ1) is 13.6. The number of hydrogen-bond acceptors (Lipinski definition) is 7. The smallest absolute Gasteiger partial charge is 0.248 e. The third-order valence-electron chi connectivity index (χ3n) is 4.70. The van der Waals surface area contributed by atoms with Gasteiger partial charge < -0.3 is 16.1 Å². The minimum absolute atomic E-state index is 0.0971. The van der Waals surface area contributed by atoms with Crippen molar-refractivity contribution in [3.05, 3.63) is 75.8 Å². The number of hydrogen-bond donors (Lipinski definition) is 5. The molecule has 0 aliphatic carbocycles. The Morgan fingerprint density at radius 2 is 2.00 bits per heavy atom. The number of pyridine rings is 2. The number of nitrogens with one attached hydrogen (secondary N) is 4. The van der Waals surface area contributed by atoms with Crippen molar-refractivity contribution in [3.8, 4) is 0 Å². The summed E-state index contributed by atoms with van der Waals surface area (Å²) < 4.78 is 1.90. The SMILES string of the molecule is Nc1cc(Cc2cnn(Cc3ccc4[nH]c(=O)ccc4c3)c2)c2c(n1)NNN2. The average Bonchev–Trinajstić information content (AvgIpc) is 3.31. The first-order valence-electron chi connectivity index (χ1n) is 8.84. The second-order valence-electron chi connectivity index (χ2n) is 6.77. The Labute approximate surface area is 159 Å². The third kappa shape index (κ3) is 3.03. The van der Waals surface area contributed by atoms with Crippen LogP contribution in [0.2, 0.25) is 0 Å². The van der Waals surface area contributed by atoms with Crippen molar-refractivity contribution in [1.82, 2.24) is 25.3 Å². The number of nitrogens with two attached hydrogens (primary N) is 1. The van der Waals surface area contributed by atoms with E-state index in [0.29, 0.717) is 24.6 Å². The highest BCUT2D eigenvalue weighted by Gasteiger charge is 2.17. The van der Waals surface area contributed by atoms with Crippen LogP contribution in [0.3, 0.4) is 0 Å². The van der Waals surface area contributed by atoms with Gasteiger partial charge in [-0.3, -0.25) is 14.9 Å². The Balaban J connectivity index is 1.37. The van der Waals surface area contributed by atoms with Crippen LogP contribution in [-0.2, 0) is 13.0 Å². The van der Waals surface area contributed by atoms with Crippen molar-refractivity contribution in [1.29, 1.82) is 0 Å². The fourth-order valence-electron chi connectivity index (χ4n) is 3.44. The largest absolute Gasteiger partial charge is 0.384 e. The fraction of sp³-hybridized carbons (Fsp3) is 0.105. The number of nitrogen functional groups attached to an aromatic ring is 1. The molecule has 0 radical (unpaired) electrons. The zero-order valence-electron chi connectivity index (χ0n) is 14.9. The van der Waals surface area contributed by atoms with Crippen molar-refractivity contribution in [2.75, 3.05) is 16.6 Å². The molecule has 4 aromatic rings. The zero-order chi connectivity index (χ0) is 19.1. The topological polar surface area (TPSA) is 126 Å². The Kier molecular flexibility index (Phi) is 3.73. The van der Waals surface area contributed by atoms with E-state index < -0.39 is 0 Å². The summed E-state index contributed by atoms with van der Waals surface area (Å²) >= 11 is 0. The first-order valence-corrected chi connectivity index (χ1v) is 8.84. The monoisotopic (exact) mass is 374 g/mol. The van der Waals surface area contributed by atoms with Gasteiger partial charge in [-0.1, -0.05) is 6.07 Å². The molecule has 1 aromatic carbocycles. The van der Waals surface area contributed by atoms with Crippen molar-refractivity contribution >= 4 is 28.2 Å². The molecule has 0 atom stereocenters. The van der Waals surface area contributed by atoms with E-state index in [4.69, 9.17) is 5.73 Å². The predicted molar refractivity (Wildman–Crippen MR) is 108 cm³/mol. The van der Waals surface area contributed by atoms with Gasteiger partial charge in [-0.05, 0) is 46.3 Å². The zero-order valence-corrected chi connectivity index (χ0v) is 14.9. The van der Waals surface area contributed by atoms with E-state index in [0.717, 1.165) is 33.3 Å². The van der Waals surface area contributed by atoms with Gasteiger partial charge in [0.15, 0.2) is 5.82 Å². The van der Waals surface area contributed by atoms with Crippen LogP contribution in [0.25, 0.3) is 10.9 Å². The van der Waals surface area contributed by atoms with Crippen molar-refractivity contribution in [2.24, 2.45) is 0 Å². The number of nitrogens with zero attached hydrogens (tertiary/aromatic N) is 3. The summed E-state index contributed by atoms with van der Waals surface area (Å²) in [5, 5.41) is 5.48. The van der Waals surface area contributed by atoms with Crippen LogP contribution in [0.4, 0.5) is 17.3 Å². The van der Waals surface area contributed by atoms with Crippen LogP contribution >= 0.6 is 0 Å². The van der Waals surface area contributed by atoms with Gasteiger partial charge in [0, 0.05) is 24.2 Å². The number of aromatic nitrogens is 4. The molecular formula is C19H18N8O. The molecule has 0 saturated heterocycles. The molecule has 0 amide bonds. The van der Waals surface area contributed by atoms with E-state index >= 15 is 0 Å². The molecular weight excluding hydrogens is 356 g/mol. The molecule has 0 spiro atoms. The minimum atomic E-state index is -0.0971. The molecule has 0 fully saturated rings. The minimum Gasteiger partial charge on any atom is -0.384 e. The second-order valence-corrected chi connectivity index (χ2v) is 6.77. The van der Waals surface area contributed by atoms with Crippen molar-refractivity contribution < 1.29 is 0 Å². The number of aromatic amines is 1. The van der Waals surface area contributed by atoms with Crippen LogP contribution in [-0.4, -0.2) is 19.7 Å². The van der Waals surface area contributed by atoms with Crippen LogP contribution in [0.15, 0.2) is 53.6 Å². The summed E-state index contributed by atoms with van der Waals surface area (Å²) in [5.74, 6) is 1.16. The van der Waals surface area contributed by atoms with E-state index in [1.807, 2.05) is 41.3 Å². The Morgan fingerprint density at radius 1 is 1.07 bits per heavy atom. The summed E-state index contributed by atoms with van der Waals surface area (Å²) in [6, 6.07) is 11.2. The molecule has 140 valence electrons. The molecule has 6 N–H and O–H groups in total. The van der Waals surface area contributed by atoms with Gasteiger partial charge in [-0.25, -0.2) is 4.98 Å². The van der Waals surface area contributed by atoms with Gasteiger partial charge in [0.2, 0.25) is 5.56 Å². The van der Waals surface area contributed by atoms with E-state index in [1.165, 1.54) is 6.07 Å². The molecule has 1 aliphatic heterocycles. The van der Waals surface area contributed by atoms with Crippen LogP contribution < -0.4 is 27.7 Å². The summed E-state index contributed by atoms with van der Waals surface area (Å²) in [5.41, 5.74) is 19.6. The summed E-state index contributed by atoms with van der Waals surface area (Å²) in [6.07, 6.45) is 4.57. The van der Waals surface area contributed by atoms with Gasteiger partial charge >= 0.3 is 0 Å². The fourth-order valence-corrected chi connectivity index (χ4v) is 3.44. The Bertz CT molecular complexity index is 1240. The second kappa shape index (κ2) is 6.39. The molecule has 5 rings (SSSR count). The predicted octanol–water partition coefficient (Wildman–Crippen LogP) is 1.60. The van der Waals surface area contributed by atoms with Gasteiger partial charge in [-0.15, -0.1) is 5.53 Å². The molecule has 1 aliphatic rings. The third-order valence-corrected chi connectivity index (χ3v) is 4.70. The van der Waals surface area contributed by atoms with Crippen molar-refractivity contribution in [2.45, 2.75) is 13.0 Å². The quantitative estimate of drug-likeness (QED) is 0.367. The summed E-state index contributed by atoms with van der Waals surface area (Å²) in [4.78, 5) is 18.5. The normalized spacial score (nSPS) is 12.6. The number of H-pyrrole nitrogens is 1. The Morgan fingerprint density at radius 3 is 2.93 bits per heavy atom. The van der Waals surface area contributed by atoms with E-state index in [1.54, 1.807) is 0 Å². The molecule has 9 nitrogen and oxygen atoms in total. The maximum Gasteiger partial charge on any atom is 0.248 e. The lowest BCUT2D eigenvalue weighted by molar-refractivity contribution is 0.687. The summed E-state index contributed by atoms with van der Waals surface area (Å²) in [6.45, 7) is 0.646. The van der Waals surface area contributed by atoms with Gasteiger partial charge in [0.25, 0.3) is 0 Å². The maximum absolute atomic E-state index is 11.4. The lowest BCUT2D eigenvalue weighted by Gasteiger charge is -2.07. The number of anilines is 3. The van der Waals surface area contributed by atoms with Gasteiger partial charge in [-0.2, -0.15) is 5.10 Å². The number of benzene rings is 1.